The van der Waals surface area contributed by atoms with Crippen LogP contribution in [0, 0.1) is 18.3 Å². The first kappa shape index (κ1) is 10.4. The highest BCUT2D eigenvalue weighted by Crippen LogP contribution is 2.32. The second kappa shape index (κ2) is 4.03. The van der Waals surface area contributed by atoms with Gasteiger partial charge in [0.05, 0.1) is 9.35 Å². The monoisotopic (exact) mass is 257 g/mol. The van der Waals surface area contributed by atoms with Gasteiger partial charge in [-0.25, -0.2) is 0 Å². The molecule has 0 radical (unpaired) electrons. The topological polar surface area (TPSA) is 40.9 Å². The normalized spacial score (nSPS) is 9.69. The quantitative estimate of drug-likeness (QED) is 0.818. The van der Waals surface area contributed by atoms with Crippen LogP contribution in [0.4, 0.5) is 0 Å². The van der Waals surface area contributed by atoms with Crippen LogP contribution in [0.1, 0.15) is 22.9 Å². The Morgan fingerprint density at radius 3 is 2.77 bits per heavy atom. The van der Waals surface area contributed by atoms with Crippen LogP contribution in [0.25, 0.3) is 0 Å². The fourth-order valence-electron chi connectivity index (χ4n) is 1.11. The Kier molecular flexibility index (Phi) is 3.23. The van der Waals surface area contributed by atoms with E-state index in [-0.39, 0.29) is 5.78 Å². The second-order valence-electron chi connectivity index (χ2n) is 2.78. The van der Waals surface area contributed by atoms with Crippen molar-refractivity contribution in [1.29, 1.82) is 5.26 Å². The Labute approximate surface area is 89.3 Å². The predicted molar refractivity (Wildman–Crippen MR) is 55.9 cm³/mol. The molecule has 2 nitrogen and oxygen atoms in total. The number of nitrogens with zero attached hydrogens (tertiary/aromatic N) is 1. The van der Waals surface area contributed by atoms with Crippen LogP contribution < -0.4 is 0 Å². The highest BCUT2D eigenvalue weighted by atomic mass is 79.9. The van der Waals surface area contributed by atoms with Crippen molar-refractivity contribution in [3.63, 3.8) is 0 Å². The molecule has 0 aliphatic heterocycles. The zero-order valence-electron chi connectivity index (χ0n) is 7.35. The molecule has 4 heteroatoms. The number of thiophene rings is 1. The molecule has 1 rings (SSSR count). The van der Waals surface area contributed by atoms with E-state index < -0.39 is 0 Å². The number of nitriles is 1. The van der Waals surface area contributed by atoms with E-state index in [9.17, 15) is 4.79 Å². The molecule has 0 aliphatic rings. The lowest BCUT2D eigenvalue weighted by atomic mass is 10.1. The zero-order chi connectivity index (χ0) is 10.0. The smallest absolute Gasteiger partial charge is 0.134 e. The van der Waals surface area contributed by atoms with Crippen LogP contribution in [-0.4, -0.2) is 5.78 Å². The first-order valence-electron chi connectivity index (χ1n) is 3.73. The lowest BCUT2D eigenvalue weighted by Crippen LogP contribution is -1.97. The highest BCUT2D eigenvalue weighted by Gasteiger charge is 2.14. The maximum atomic E-state index is 10.9. The molecule has 1 aromatic rings. The summed E-state index contributed by atoms with van der Waals surface area (Å²) in [6.45, 7) is 3.41. The van der Waals surface area contributed by atoms with Crippen molar-refractivity contribution in [1.82, 2.24) is 0 Å². The molecule has 1 aromatic heterocycles. The molecule has 0 fully saturated rings. The Hall–Kier alpha value is -0.660. The van der Waals surface area contributed by atoms with Crippen molar-refractivity contribution >= 4 is 33.0 Å². The average molecular weight is 258 g/mol. The van der Waals surface area contributed by atoms with E-state index in [0.29, 0.717) is 12.0 Å². The number of hydrogen-bond donors (Lipinski definition) is 0. The first-order chi connectivity index (χ1) is 6.06. The molecular weight excluding hydrogens is 250 g/mol. The van der Waals surface area contributed by atoms with Gasteiger partial charge < -0.3 is 0 Å². The van der Waals surface area contributed by atoms with E-state index in [4.69, 9.17) is 5.26 Å². The van der Waals surface area contributed by atoms with Gasteiger partial charge in [0.15, 0.2) is 0 Å². The Morgan fingerprint density at radius 2 is 2.31 bits per heavy atom. The zero-order valence-corrected chi connectivity index (χ0v) is 9.75. The van der Waals surface area contributed by atoms with Crippen molar-refractivity contribution in [2.45, 2.75) is 20.3 Å². The molecule has 0 unspecified atom stereocenters. The molecule has 0 amide bonds. The fraction of sp³-hybridized carbons (Fsp3) is 0.333. The number of Topliss-reactive ketones (excluding diaryl/α,β-unsaturated/α-hetero) is 1. The lowest BCUT2D eigenvalue weighted by molar-refractivity contribution is -0.116. The number of carbonyl (C=O) groups is 1. The van der Waals surface area contributed by atoms with Crippen molar-refractivity contribution in [2.75, 3.05) is 0 Å². The summed E-state index contributed by atoms with van der Waals surface area (Å²) in [6, 6.07) is 2.12. The van der Waals surface area contributed by atoms with Crippen LogP contribution >= 0.6 is 27.3 Å². The van der Waals surface area contributed by atoms with Gasteiger partial charge in [-0.3, -0.25) is 4.79 Å². The molecule has 68 valence electrons. The van der Waals surface area contributed by atoms with E-state index in [1.54, 1.807) is 0 Å². The molecular formula is C9H8BrNOS. The Morgan fingerprint density at radius 1 is 1.69 bits per heavy atom. The summed E-state index contributed by atoms with van der Waals surface area (Å²) < 4.78 is 0.900. The largest absolute Gasteiger partial charge is 0.300 e. The molecule has 0 N–H and O–H groups in total. The molecule has 0 aliphatic carbocycles. The van der Waals surface area contributed by atoms with E-state index in [1.165, 1.54) is 18.3 Å². The minimum Gasteiger partial charge on any atom is -0.300 e. The molecule has 0 spiro atoms. The Balaban J connectivity index is 3.19. The maximum absolute atomic E-state index is 10.9. The van der Waals surface area contributed by atoms with E-state index in [1.807, 2.05) is 6.92 Å². The third kappa shape index (κ3) is 2.17. The molecule has 0 atom stereocenters. The van der Waals surface area contributed by atoms with Gasteiger partial charge in [-0.05, 0) is 29.8 Å². The fourth-order valence-corrected chi connectivity index (χ4v) is 3.01. The summed E-state index contributed by atoms with van der Waals surface area (Å²) in [4.78, 5) is 11.9. The molecule has 13 heavy (non-hydrogen) atoms. The predicted octanol–water partition coefficient (Wildman–Crippen LogP) is 2.82. The Bertz CT molecular complexity index is 389. The summed E-state index contributed by atoms with van der Waals surface area (Å²) in [5, 5.41) is 8.85. The summed E-state index contributed by atoms with van der Waals surface area (Å²) in [7, 11) is 0. The van der Waals surface area contributed by atoms with Gasteiger partial charge in [-0.15, -0.1) is 11.3 Å². The minimum absolute atomic E-state index is 0.0787. The summed E-state index contributed by atoms with van der Waals surface area (Å²) in [5.74, 6) is 0.0787. The molecule has 0 saturated carbocycles. The standard InChI is InChI=1S/C9H8BrNOS/c1-5(12)3-7-8(4-11)6(2)13-9(7)10/h3H2,1-2H3. The average Bonchev–Trinajstić information content (AvgIpc) is 2.26. The van der Waals surface area contributed by atoms with Gasteiger partial charge >= 0.3 is 0 Å². The van der Waals surface area contributed by atoms with Gasteiger partial charge in [-0.1, -0.05) is 0 Å². The molecule has 0 saturated heterocycles. The highest BCUT2D eigenvalue weighted by molar-refractivity contribution is 9.11. The van der Waals surface area contributed by atoms with Gasteiger partial charge in [0, 0.05) is 16.9 Å². The number of aryl methyl sites for hydroxylation is 1. The summed E-state index contributed by atoms with van der Waals surface area (Å²) in [6.07, 6.45) is 0.341. The third-order valence-electron chi connectivity index (χ3n) is 1.67. The molecule has 1 heterocycles. The first-order valence-corrected chi connectivity index (χ1v) is 5.34. The molecule has 0 aromatic carbocycles. The third-order valence-corrected chi connectivity index (χ3v) is 3.57. The number of ketones is 1. The lowest BCUT2D eigenvalue weighted by Gasteiger charge is -1.95. The maximum Gasteiger partial charge on any atom is 0.134 e. The van der Waals surface area contributed by atoms with Crippen LogP contribution in [-0.2, 0) is 11.2 Å². The van der Waals surface area contributed by atoms with Gasteiger partial charge in [0.25, 0.3) is 0 Å². The van der Waals surface area contributed by atoms with Crippen LogP contribution in [0.5, 0.6) is 0 Å². The molecule has 0 bridgehead atoms. The van der Waals surface area contributed by atoms with Crippen LogP contribution in [0.15, 0.2) is 3.79 Å². The van der Waals surface area contributed by atoms with Crippen molar-refractivity contribution < 1.29 is 4.79 Å². The summed E-state index contributed by atoms with van der Waals surface area (Å²) >= 11 is 4.86. The SMILES string of the molecule is CC(=O)Cc1c(Br)sc(C)c1C#N. The number of halogens is 1. The van der Waals surface area contributed by atoms with Crippen molar-refractivity contribution in [3.05, 3.63) is 19.8 Å². The van der Waals surface area contributed by atoms with E-state index >= 15 is 0 Å². The van der Waals surface area contributed by atoms with E-state index in [0.717, 1.165) is 14.2 Å². The van der Waals surface area contributed by atoms with Crippen molar-refractivity contribution in [2.24, 2.45) is 0 Å². The number of rotatable bonds is 2. The number of carbonyl (C=O) groups excluding carboxylic acids is 1. The van der Waals surface area contributed by atoms with Gasteiger partial charge in [0.1, 0.15) is 11.9 Å². The van der Waals surface area contributed by atoms with E-state index in [2.05, 4.69) is 22.0 Å². The summed E-state index contributed by atoms with van der Waals surface area (Å²) in [5.41, 5.74) is 1.48. The number of hydrogen-bond acceptors (Lipinski definition) is 3. The van der Waals surface area contributed by atoms with Crippen molar-refractivity contribution in [3.8, 4) is 6.07 Å². The van der Waals surface area contributed by atoms with Gasteiger partial charge in [0.2, 0.25) is 0 Å². The van der Waals surface area contributed by atoms with Crippen LogP contribution in [0.2, 0.25) is 0 Å². The van der Waals surface area contributed by atoms with Crippen LogP contribution in [0.3, 0.4) is 0 Å². The second-order valence-corrected chi connectivity index (χ2v) is 5.32. The van der Waals surface area contributed by atoms with Gasteiger partial charge in [-0.2, -0.15) is 5.26 Å². The minimum atomic E-state index is 0.0787.